The Labute approximate surface area is 205 Å². The van der Waals surface area contributed by atoms with Crippen LogP contribution < -0.4 is 0 Å². The number of hydrogen-bond acceptors (Lipinski definition) is 4. The number of Topliss-reactive ketones (excluding diaryl/α,β-unsaturated/α-hetero) is 1. The number of esters is 1. The first kappa shape index (κ1) is 23.3. The van der Waals surface area contributed by atoms with Gasteiger partial charge in [-0.25, -0.2) is 4.79 Å². The van der Waals surface area contributed by atoms with Crippen LogP contribution in [0.1, 0.15) is 71.7 Å². The van der Waals surface area contributed by atoms with Crippen LogP contribution in [0.3, 0.4) is 0 Å². The van der Waals surface area contributed by atoms with Crippen LogP contribution in [0.2, 0.25) is 0 Å². The fourth-order valence-electron chi connectivity index (χ4n) is 5.38. The highest BCUT2D eigenvalue weighted by atomic mass is 16.5. The molecule has 0 radical (unpaired) electrons. The number of nitrogens with zero attached hydrogens (tertiary/aromatic N) is 1. The summed E-state index contributed by atoms with van der Waals surface area (Å²) >= 11 is 0. The number of hydrogen-bond donors (Lipinski definition) is 1. The molecule has 0 amide bonds. The molecule has 5 rings (SSSR count). The number of carbonyl (C=O) groups excluding carboxylic acids is 2. The number of aromatic amines is 1. The zero-order valence-electron chi connectivity index (χ0n) is 20.9. The first-order chi connectivity index (χ1) is 16.8. The lowest BCUT2D eigenvalue weighted by Crippen LogP contribution is -2.29. The molecule has 4 aromatic rings. The highest BCUT2D eigenvalue weighted by Gasteiger charge is 2.33. The second-order valence-electron chi connectivity index (χ2n) is 10.6. The number of carbonyl (C=O) groups is 2. The van der Waals surface area contributed by atoms with E-state index in [1.807, 2.05) is 36.4 Å². The van der Waals surface area contributed by atoms with Gasteiger partial charge in [0, 0.05) is 33.7 Å². The van der Waals surface area contributed by atoms with Crippen LogP contribution in [0.4, 0.5) is 0 Å². The number of fused-ring (bicyclic) bond motifs is 3. The molecule has 2 heterocycles. The Bertz CT molecular complexity index is 1440. The van der Waals surface area contributed by atoms with E-state index in [0.29, 0.717) is 17.0 Å². The molecule has 0 bridgehead atoms. The molecule has 2 aromatic heterocycles. The van der Waals surface area contributed by atoms with Crippen LogP contribution in [0, 0.1) is 11.3 Å². The summed E-state index contributed by atoms with van der Waals surface area (Å²) in [5, 5.41) is 1.66. The normalized spacial score (nSPS) is 15.8. The van der Waals surface area contributed by atoms with Crippen molar-refractivity contribution in [3.63, 3.8) is 0 Å². The minimum Gasteiger partial charge on any atom is -0.454 e. The van der Waals surface area contributed by atoms with E-state index in [2.05, 4.69) is 38.7 Å². The molecule has 0 spiro atoms. The van der Waals surface area contributed by atoms with Crippen molar-refractivity contribution in [2.75, 3.05) is 6.61 Å². The Kier molecular flexibility index (Phi) is 5.96. The summed E-state index contributed by atoms with van der Waals surface area (Å²) in [4.78, 5) is 34.7. The van der Waals surface area contributed by atoms with E-state index in [0.717, 1.165) is 64.3 Å². The fourth-order valence-corrected chi connectivity index (χ4v) is 5.38. The SMILES string of the molecule is CCc1cccc2c(C(=O)COC(=O)c3c4c(nc5ccccc35)CC[C@H](C(C)(C)C)C4)c[nH]c12. The summed E-state index contributed by atoms with van der Waals surface area (Å²) in [5.41, 5.74) is 6.12. The van der Waals surface area contributed by atoms with Gasteiger partial charge in [0.2, 0.25) is 5.78 Å². The monoisotopic (exact) mass is 468 g/mol. The quantitative estimate of drug-likeness (QED) is 0.269. The summed E-state index contributed by atoms with van der Waals surface area (Å²) in [6, 6.07) is 13.6. The molecular formula is C30H32N2O3. The molecule has 180 valence electrons. The van der Waals surface area contributed by atoms with Gasteiger partial charge in [-0.1, -0.05) is 64.1 Å². The Morgan fingerprint density at radius 2 is 1.86 bits per heavy atom. The molecule has 2 aromatic carbocycles. The Morgan fingerprint density at radius 3 is 2.63 bits per heavy atom. The van der Waals surface area contributed by atoms with Gasteiger partial charge in [0.05, 0.1) is 11.1 Å². The van der Waals surface area contributed by atoms with Crippen molar-refractivity contribution in [1.82, 2.24) is 9.97 Å². The van der Waals surface area contributed by atoms with E-state index in [1.165, 1.54) is 0 Å². The minimum atomic E-state index is -0.447. The summed E-state index contributed by atoms with van der Waals surface area (Å²) in [6.45, 7) is 8.54. The molecule has 0 fully saturated rings. The lowest BCUT2D eigenvalue weighted by molar-refractivity contribution is 0.0474. The third kappa shape index (κ3) is 4.24. The largest absolute Gasteiger partial charge is 0.454 e. The van der Waals surface area contributed by atoms with Gasteiger partial charge in [-0.15, -0.1) is 0 Å². The standard InChI is InChI=1S/C30H32N2O3/c1-5-18-9-8-11-20-23(16-31-28(18)20)26(33)17-35-29(34)27-21-10-6-7-12-24(21)32-25-14-13-19(15-22(25)27)30(2,3)4/h6-12,16,19,31H,5,13-15,17H2,1-4H3/t19-/m0/s1. The molecule has 0 saturated carbocycles. The zero-order valence-corrected chi connectivity index (χ0v) is 20.9. The van der Waals surface area contributed by atoms with Gasteiger partial charge in [-0.2, -0.15) is 0 Å². The molecule has 0 saturated heterocycles. The van der Waals surface area contributed by atoms with Crippen molar-refractivity contribution in [1.29, 1.82) is 0 Å². The maximum absolute atomic E-state index is 13.5. The average molecular weight is 469 g/mol. The van der Waals surface area contributed by atoms with Crippen molar-refractivity contribution in [3.8, 4) is 0 Å². The number of aromatic nitrogens is 2. The average Bonchev–Trinajstić information content (AvgIpc) is 3.29. The summed E-state index contributed by atoms with van der Waals surface area (Å²) in [5.74, 6) is -0.209. The zero-order chi connectivity index (χ0) is 24.7. The van der Waals surface area contributed by atoms with Crippen molar-refractivity contribution in [3.05, 3.63) is 76.6 Å². The molecule has 35 heavy (non-hydrogen) atoms. The second kappa shape index (κ2) is 8.95. The van der Waals surface area contributed by atoms with Crippen molar-refractivity contribution in [2.45, 2.75) is 53.4 Å². The molecule has 1 atom stereocenters. The summed E-state index contributed by atoms with van der Waals surface area (Å²) in [6.07, 6.45) is 5.27. The van der Waals surface area contributed by atoms with E-state index in [-0.39, 0.29) is 17.8 Å². The number of ketones is 1. The van der Waals surface area contributed by atoms with Crippen LogP contribution in [-0.2, 0) is 24.0 Å². The molecular weight excluding hydrogens is 436 g/mol. The maximum Gasteiger partial charge on any atom is 0.339 e. The van der Waals surface area contributed by atoms with E-state index in [4.69, 9.17) is 9.72 Å². The van der Waals surface area contributed by atoms with Gasteiger partial charge in [0.1, 0.15) is 0 Å². The van der Waals surface area contributed by atoms with Crippen molar-refractivity contribution >= 4 is 33.6 Å². The molecule has 0 unspecified atom stereocenters. The van der Waals surface area contributed by atoms with Crippen LogP contribution in [0.15, 0.2) is 48.7 Å². The Hall–Kier alpha value is -3.47. The smallest absolute Gasteiger partial charge is 0.339 e. The van der Waals surface area contributed by atoms with Crippen LogP contribution >= 0.6 is 0 Å². The van der Waals surface area contributed by atoms with E-state index in [1.54, 1.807) is 6.20 Å². The maximum atomic E-state index is 13.5. The molecule has 5 nitrogen and oxygen atoms in total. The Balaban J connectivity index is 1.46. The van der Waals surface area contributed by atoms with Crippen LogP contribution in [0.25, 0.3) is 21.8 Å². The third-order valence-electron chi connectivity index (χ3n) is 7.51. The number of rotatable bonds is 5. The lowest BCUT2D eigenvalue weighted by Gasteiger charge is -2.35. The highest BCUT2D eigenvalue weighted by molar-refractivity contribution is 6.11. The van der Waals surface area contributed by atoms with Gasteiger partial charge in [-0.05, 0) is 54.2 Å². The summed E-state index contributed by atoms with van der Waals surface area (Å²) < 4.78 is 5.68. The number of nitrogens with one attached hydrogen (secondary N) is 1. The highest BCUT2D eigenvalue weighted by Crippen LogP contribution is 2.39. The minimum absolute atomic E-state index is 0.132. The van der Waals surface area contributed by atoms with Crippen LogP contribution in [0.5, 0.6) is 0 Å². The predicted octanol–water partition coefficient (Wildman–Crippen LogP) is 6.47. The number of aryl methyl sites for hydroxylation is 2. The number of para-hydroxylation sites is 2. The number of ether oxygens (including phenoxy) is 1. The summed E-state index contributed by atoms with van der Waals surface area (Å²) in [7, 11) is 0. The van der Waals surface area contributed by atoms with Gasteiger partial charge in [0.15, 0.2) is 6.61 Å². The topological polar surface area (TPSA) is 72.1 Å². The Morgan fingerprint density at radius 1 is 1.09 bits per heavy atom. The predicted molar refractivity (Wildman–Crippen MR) is 139 cm³/mol. The second-order valence-corrected chi connectivity index (χ2v) is 10.6. The van der Waals surface area contributed by atoms with E-state index >= 15 is 0 Å². The van der Waals surface area contributed by atoms with Gasteiger partial charge >= 0.3 is 5.97 Å². The van der Waals surface area contributed by atoms with Crippen molar-refractivity contribution < 1.29 is 14.3 Å². The number of pyridine rings is 1. The number of H-pyrrole nitrogens is 1. The molecule has 1 aliphatic carbocycles. The first-order valence-corrected chi connectivity index (χ1v) is 12.5. The third-order valence-corrected chi connectivity index (χ3v) is 7.51. The lowest BCUT2D eigenvalue weighted by atomic mass is 9.70. The van der Waals surface area contributed by atoms with Gasteiger partial charge in [0.25, 0.3) is 0 Å². The number of benzene rings is 2. The molecule has 0 aliphatic heterocycles. The van der Waals surface area contributed by atoms with Gasteiger partial charge < -0.3 is 9.72 Å². The van der Waals surface area contributed by atoms with E-state index < -0.39 is 5.97 Å². The molecule has 5 heteroatoms. The van der Waals surface area contributed by atoms with E-state index in [9.17, 15) is 9.59 Å². The fraction of sp³-hybridized carbons (Fsp3) is 0.367. The van der Waals surface area contributed by atoms with Crippen molar-refractivity contribution in [2.24, 2.45) is 11.3 Å². The van der Waals surface area contributed by atoms with Crippen LogP contribution in [-0.4, -0.2) is 28.3 Å². The first-order valence-electron chi connectivity index (χ1n) is 12.5. The van der Waals surface area contributed by atoms with Gasteiger partial charge in [-0.3, -0.25) is 9.78 Å². The molecule has 1 N–H and O–H groups in total. The molecule has 1 aliphatic rings.